The SMILES string of the molecule is CC(=O)CNCC(C)=O.CC(C)(C)c1cc(CCC(=O)N(CC(=O)O)CC(=O)O)cc(-n2nc3ccccc3n2)c1O.CC(C)(C)c1cc(CCC(=O)O)cc(-n2nc3ccccc3n2)c1O.CC(C)(C)c1cc(CCC(=O)OCCO)cc(-n2nc3ccccc3n2)c1O.CCO.CCOC(=O)CN(CC(=O)OCC)C(=O)CCc1cc(-n2nc3ccccc3n2)c(O)c(C(C)(C)C)c1.O=C(O)CNCC(=O)O.O=S(Cl)Cl. The molecule has 800 valence electrons. The lowest BCUT2D eigenvalue weighted by Crippen LogP contribution is -2.40. The molecule has 8 aromatic carbocycles. The quantitative estimate of drug-likeness (QED) is 0.00985. The first-order valence-corrected chi connectivity index (χ1v) is 49.5. The number of esters is 3. The van der Waals surface area contributed by atoms with Crippen LogP contribution in [0.4, 0.5) is 0 Å². The summed E-state index contributed by atoms with van der Waals surface area (Å²) >= 11 is 0. The maximum Gasteiger partial charge on any atom is 0.325 e. The maximum absolute atomic E-state index is 13.0. The van der Waals surface area contributed by atoms with Crippen molar-refractivity contribution in [2.45, 2.75) is 191 Å². The van der Waals surface area contributed by atoms with E-state index in [-0.39, 0.29) is 143 Å². The van der Waals surface area contributed by atoms with E-state index in [1.807, 2.05) is 198 Å². The minimum absolute atomic E-state index is 0.00328. The second kappa shape index (κ2) is 59.1. The van der Waals surface area contributed by atoms with Crippen molar-refractivity contribution in [2.24, 2.45) is 0 Å². The number of amides is 2. The van der Waals surface area contributed by atoms with E-state index in [1.54, 1.807) is 51.1 Å². The van der Waals surface area contributed by atoms with Gasteiger partial charge in [0.1, 0.15) is 134 Å². The summed E-state index contributed by atoms with van der Waals surface area (Å²) in [5.41, 5.74) is 11.9. The number of carbonyl (C=O) groups is 12. The van der Waals surface area contributed by atoms with Crippen LogP contribution in [0.3, 0.4) is 0 Å². The Balaban J connectivity index is 0.000000323. The van der Waals surface area contributed by atoms with Crippen LogP contribution in [0.1, 0.15) is 188 Å². The molecule has 0 radical (unpaired) electrons. The summed E-state index contributed by atoms with van der Waals surface area (Å²) in [5.74, 6) is -7.66. The Morgan fingerprint density at radius 3 is 0.784 bits per heavy atom. The molecule has 0 spiro atoms. The number of halogens is 2. The first kappa shape index (κ1) is 124. The predicted octanol–water partition coefficient (Wildman–Crippen LogP) is 11.5. The molecule has 0 aliphatic carbocycles. The van der Waals surface area contributed by atoms with Crippen molar-refractivity contribution in [3.63, 3.8) is 0 Å². The molecule has 0 fully saturated rings. The fourth-order valence-electron chi connectivity index (χ4n) is 13.8. The Morgan fingerprint density at radius 2 is 0.574 bits per heavy atom. The average molecular weight is 2120 g/mol. The molecule has 0 saturated carbocycles. The van der Waals surface area contributed by atoms with E-state index in [4.69, 9.17) is 54.2 Å². The lowest BCUT2D eigenvalue weighted by molar-refractivity contribution is -0.154. The van der Waals surface area contributed by atoms with Gasteiger partial charge in [0, 0.05) is 75.9 Å². The molecule has 12 rings (SSSR count). The summed E-state index contributed by atoms with van der Waals surface area (Å²) in [7, 11) is 7.36. The predicted molar refractivity (Wildman–Crippen MR) is 553 cm³/mol. The topological polar surface area (TPSA) is 626 Å². The van der Waals surface area contributed by atoms with Crippen LogP contribution in [-0.2, 0) is 128 Å². The van der Waals surface area contributed by atoms with Gasteiger partial charge in [-0.3, -0.25) is 62.9 Å². The van der Waals surface area contributed by atoms with Gasteiger partial charge in [-0.15, -0.1) is 60.0 Å². The summed E-state index contributed by atoms with van der Waals surface area (Å²) < 4.78 is 23.9. The number of aliphatic hydroxyl groups excluding tert-OH is 2. The number of aliphatic carboxylic acids is 5. The smallest absolute Gasteiger partial charge is 0.325 e. The number of aliphatic hydroxyl groups is 2. The van der Waals surface area contributed by atoms with Crippen molar-refractivity contribution in [3.8, 4) is 45.7 Å². The van der Waals surface area contributed by atoms with Crippen LogP contribution in [0, 0.1) is 0 Å². The summed E-state index contributed by atoms with van der Waals surface area (Å²) in [6.45, 7) is 30.1. The van der Waals surface area contributed by atoms with E-state index in [9.17, 15) is 78.0 Å². The zero-order chi connectivity index (χ0) is 111. The third-order valence-corrected chi connectivity index (χ3v) is 20.6. The number of rotatable bonds is 36. The number of carbonyl (C=O) groups excluding carboxylic acids is 7. The van der Waals surface area contributed by atoms with Crippen LogP contribution in [0.25, 0.3) is 66.9 Å². The number of carboxylic acids is 5. The van der Waals surface area contributed by atoms with Gasteiger partial charge in [0.15, 0.2) is 0 Å². The minimum atomic E-state index is -1.67. The molecule has 0 saturated heterocycles. The van der Waals surface area contributed by atoms with Crippen LogP contribution in [0.2, 0.25) is 0 Å². The largest absolute Gasteiger partial charge is 0.505 e. The number of nitrogens with zero attached hydrogens (tertiary/aromatic N) is 14. The molecule has 4 aromatic heterocycles. The molecule has 46 heteroatoms. The number of Topliss-reactive ketones (excluding diaryl/α,β-unsaturated/α-hetero) is 2. The first-order chi connectivity index (χ1) is 69.4. The molecule has 4 heterocycles. The van der Waals surface area contributed by atoms with Crippen molar-refractivity contribution < 1.29 is 132 Å². The van der Waals surface area contributed by atoms with Gasteiger partial charge in [-0.2, -0.15) is 0 Å². The number of fused-ring (bicyclic) bond motifs is 4. The average Bonchev–Trinajstić information content (AvgIpc) is 1.52. The molecule has 0 unspecified atom stereocenters. The molecule has 148 heavy (non-hydrogen) atoms. The Morgan fingerprint density at radius 1 is 0.345 bits per heavy atom. The number of phenols is 4. The van der Waals surface area contributed by atoms with E-state index in [1.165, 1.54) is 33.0 Å². The molecule has 2 amide bonds. The fourth-order valence-corrected chi connectivity index (χ4v) is 13.8. The molecule has 0 bridgehead atoms. The van der Waals surface area contributed by atoms with Crippen molar-refractivity contribution >= 4 is 146 Å². The third kappa shape index (κ3) is 41.6. The fraction of sp³-hybridized carbons (Fsp3) is 0.412. The number of aryl methyl sites for hydroxylation is 4. The number of carboxylic acid groups (broad SMARTS) is 5. The van der Waals surface area contributed by atoms with Gasteiger partial charge in [-0.05, 0) is 177 Å². The molecule has 0 aliphatic heterocycles. The molecular weight excluding hydrogens is 1980 g/mol. The second-order valence-corrected chi connectivity index (χ2v) is 39.6. The number of hydrogen-bond acceptors (Lipinski definition) is 32. The van der Waals surface area contributed by atoms with Gasteiger partial charge >= 0.3 is 47.8 Å². The molecule has 43 nitrogen and oxygen atoms in total. The highest BCUT2D eigenvalue weighted by Crippen LogP contribution is 2.42. The van der Waals surface area contributed by atoms with Crippen molar-refractivity contribution in [3.05, 3.63) is 190 Å². The van der Waals surface area contributed by atoms with Gasteiger partial charge < -0.3 is 85.5 Å². The standard InChI is InChI=1S/C27H34N4O6.C23H26N4O6.C21H25N3O4.C19H21N3O3.C6H11NO2.C4H7NO4.C2H6O.Cl2OS/c1-6-36-24(33)16-30(17-25(34)37-7-2)23(32)13-12-18-14-19(27(3,4)5)26(35)22(15-18)31-28-20-10-8-9-11-21(20)29-31;1-23(2,3)15-10-14(8-9-19(28)26(12-20(29)30)13-21(31)32)11-18(22(15)33)27-24-16-6-4-5-7-17(16)25-27;1-21(2,3)15-12-14(8-9-19(26)28-11-10-25)13-18(20(15)27)24-22-16-6-4-5-7-17(16)23-24;1-19(2,3)13-10-12(8-9-17(23)24)11-16(18(13)25)22-20-14-6-4-5-7-15(14)21-22;1-5(8)3-7-4-6(2)9;6-3(7)1-5-2-4(8)9;1-2-3;1-4(2)3/h8-11,14-15,35H,6-7,12-13,16-17H2,1-5H3;4-7,10-11,33H,8-9,12-13H2,1-3H3,(H,29,30)(H,31,32);4-7,12-13,25,27H,8-11H2,1-3H3;4-7,10-11,25H,8-9H2,1-3H3,(H,23,24);7H,3-4H2,1-2H3;5H,1-2H2,(H,6,7)(H,8,9);3H,2H2,1H3;. The number of benzene rings is 8. The van der Waals surface area contributed by atoms with Crippen LogP contribution >= 0.6 is 21.4 Å². The summed E-state index contributed by atoms with van der Waals surface area (Å²) in [6, 6.07) is 44.0. The molecular formula is C102H130Cl2N16O27S. The van der Waals surface area contributed by atoms with Gasteiger partial charge in [0.2, 0.25) is 21.0 Å². The van der Waals surface area contributed by atoms with E-state index < -0.39 is 86.7 Å². The van der Waals surface area contributed by atoms with Crippen LogP contribution in [-0.4, -0.2) is 287 Å². The van der Waals surface area contributed by atoms with Gasteiger partial charge in [0.05, 0.1) is 46.0 Å². The second-order valence-electron chi connectivity index (χ2n) is 37.1. The number of hydrogen-bond donors (Lipinski definition) is 13. The minimum Gasteiger partial charge on any atom is -0.505 e. The van der Waals surface area contributed by atoms with Crippen LogP contribution in [0.5, 0.6) is 23.0 Å². The Bertz CT molecular complexity index is 6360. The third-order valence-electron chi connectivity index (χ3n) is 20.6. The lowest BCUT2D eigenvalue weighted by atomic mass is 9.84. The summed E-state index contributed by atoms with van der Waals surface area (Å²) in [6.07, 6.45) is 1.49. The number of ketones is 2. The highest BCUT2D eigenvalue weighted by molar-refractivity contribution is 8.26. The Hall–Kier alpha value is -14.8. The number of aromatic hydroxyl groups is 4. The highest BCUT2D eigenvalue weighted by atomic mass is 36.0. The van der Waals surface area contributed by atoms with Crippen molar-refractivity contribution in [1.82, 2.24) is 80.4 Å². The number of ether oxygens (including phenoxy) is 3. The number of phenolic OH excluding ortho intramolecular Hbond substituents is 4. The highest BCUT2D eigenvalue weighted by Gasteiger charge is 2.31. The van der Waals surface area contributed by atoms with Crippen molar-refractivity contribution in [2.75, 3.05) is 85.4 Å². The molecule has 13 N–H and O–H groups in total. The monoisotopic (exact) mass is 2110 g/mol. The van der Waals surface area contributed by atoms with Crippen molar-refractivity contribution in [1.29, 1.82) is 0 Å². The van der Waals surface area contributed by atoms with E-state index >= 15 is 0 Å². The lowest BCUT2D eigenvalue weighted by Gasteiger charge is -2.24. The Labute approximate surface area is 865 Å². The molecule has 12 aromatic rings. The number of nitrogens with one attached hydrogen (secondary N) is 2. The van der Waals surface area contributed by atoms with E-state index in [0.29, 0.717) is 93.9 Å². The van der Waals surface area contributed by atoms with Gasteiger partial charge in [-0.1, -0.05) is 156 Å². The normalized spacial score (nSPS) is 11.1. The van der Waals surface area contributed by atoms with E-state index in [0.717, 1.165) is 59.7 Å². The summed E-state index contributed by atoms with van der Waals surface area (Å²) in [4.78, 5) is 142. The summed E-state index contributed by atoms with van der Waals surface area (Å²) in [5, 5.41) is 144. The zero-order valence-electron chi connectivity index (χ0n) is 85.6. The number of aromatic nitrogens is 12. The van der Waals surface area contributed by atoms with Gasteiger partial charge in [-0.25, -0.2) is 4.21 Å². The Kier molecular flexibility index (Phi) is 49.4. The van der Waals surface area contributed by atoms with Crippen LogP contribution in [0.15, 0.2) is 146 Å². The maximum atomic E-state index is 13.0. The first-order valence-electron chi connectivity index (χ1n) is 46.7. The van der Waals surface area contributed by atoms with Gasteiger partial charge in [0.25, 0.3) is 0 Å². The zero-order valence-corrected chi connectivity index (χ0v) is 87.9. The van der Waals surface area contributed by atoms with Crippen LogP contribution < -0.4 is 10.6 Å². The van der Waals surface area contributed by atoms with E-state index in [2.05, 4.69) is 72.8 Å². The molecule has 0 atom stereocenters. The molecule has 0 aliphatic rings.